The average molecular weight is 875 g/mol. The number of furan rings is 1. The lowest BCUT2D eigenvalue weighted by atomic mass is 9.83. The first-order valence-corrected chi connectivity index (χ1v) is 23.8. The standard InChI is InChI=1S/C68H42O/c1-3-19-43(20-4-1)44-37-39-46(40-38-44)63-50-25-9-11-27-52(50)65(53-28-12-10-26-51(53)63)59-33-18-36-62-67(59)61-35-17-34-60(68(61)69-62)66-56-31-15-13-29-54(56)64(55-30-14-16-32-57(55)66)58-42-41-47(45-21-5-2-6-22-45)48-23-7-8-24-49(48)58/h1-42H. The topological polar surface area (TPSA) is 13.1 Å². The second-order valence-corrected chi connectivity index (χ2v) is 18.2. The fourth-order valence-electron chi connectivity index (χ4n) is 11.5. The molecule has 1 heterocycles. The van der Waals surface area contributed by atoms with Crippen LogP contribution in [0.25, 0.3) is 143 Å². The molecule has 13 aromatic carbocycles. The van der Waals surface area contributed by atoms with Gasteiger partial charge in [-0.1, -0.05) is 249 Å². The van der Waals surface area contributed by atoms with Gasteiger partial charge in [0.2, 0.25) is 0 Å². The first kappa shape index (κ1) is 39.2. The SMILES string of the molecule is c1ccc(-c2ccc(-c3c4ccccc4c(-c4cccc5oc6c(-c7c8ccccc8c(-c8ccc(-c9ccccc9)c9ccccc89)c8ccccc78)cccc6c45)c4ccccc34)cc2)cc1. The summed E-state index contributed by atoms with van der Waals surface area (Å²) < 4.78 is 7.19. The minimum absolute atomic E-state index is 0.874. The molecule has 0 atom stereocenters. The highest BCUT2D eigenvalue weighted by Crippen LogP contribution is 2.51. The van der Waals surface area contributed by atoms with Crippen molar-refractivity contribution in [3.63, 3.8) is 0 Å². The summed E-state index contributed by atoms with van der Waals surface area (Å²) in [5, 5.41) is 14.4. The maximum atomic E-state index is 7.19. The zero-order valence-electron chi connectivity index (χ0n) is 37.7. The Hall–Kier alpha value is -9.04. The normalized spacial score (nSPS) is 11.8. The lowest BCUT2D eigenvalue weighted by molar-refractivity contribution is 0.670. The first-order valence-electron chi connectivity index (χ1n) is 23.8. The minimum atomic E-state index is 0.874. The van der Waals surface area contributed by atoms with Gasteiger partial charge < -0.3 is 4.42 Å². The van der Waals surface area contributed by atoms with Crippen molar-refractivity contribution >= 4 is 75.8 Å². The third-order valence-corrected chi connectivity index (χ3v) is 14.5. The van der Waals surface area contributed by atoms with Gasteiger partial charge in [-0.05, 0) is 116 Å². The van der Waals surface area contributed by atoms with E-state index in [1.165, 1.54) is 109 Å². The number of hydrogen-bond acceptors (Lipinski definition) is 1. The minimum Gasteiger partial charge on any atom is -0.455 e. The molecule has 14 aromatic rings. The van der Waals surface area contributed by atoms with Crippen molar-refractivity contribution in [2.75, 3.05) is 0 Å². The van der Waals surface area contributed by atoms with E-state index < -0.39 is 0 Å². The molecule has 0 fully saturated rings. The molecule has 0 spiro atoms. The molecule has 1 aromatic heterocycles. The van der Waals surface area contributed by atoms with Crippen LogP contribution in [0.15, 0.2) is 259 Å². The van der Waals surface area contributed by atoms with E-state index in [1.807, 2.05) is 0 Å². The molecule has 0 saturated carbocycles. The van der Waals surface area contributed by atoms with Crippen molar-refractivity contribution < 1.29 is 4.42 Å². The molecule has 0 aliphatic rings. The molecular weight excluding hydrogens is 833 g/mol. The monoisotopic (exact) mass is 874 g/mol. The van der Waals surface area contributed by atoms with Gasteiger partial charge in [0, 0.05) is 21.9 Å². The smallest absolute Gasteiger partial charge is 0.143 e. The Morgan fingerprint density at radius 2 is 0.551 bits per heavy atom. The van der Waals surface area contributed by atoms with Crippen LogP contribution >= 0.6 is 0 Å². The molecule has 0 amide bonds. The first-order chi connectivity index (χ1) is 34.3. The number of fused-ring (bicyclic) bond motifs is 8. The van der Waals surface area contributed by atoms with Gasteiger partial charge in [0.25, 0.3) is 0 Å². The molecule has 0 unspecified atom stereocenters. The van der Waals surface area contributed by atoms with E-state index in [-0.39, 0.29) is 0 Å². The Labute approximate surface area is 399 Å². The molecule has 0 aliphatic heterocycles. The summed E-state index contributed by atoms with van der Waals surface area (Å²) >= 11 is 0. The number of rotatable bonds is 6. The van der Waals surface area contributed by atoms with E-state index in [4.69, 9.17) is 4.42 Å². The average Bonchev–Trinajstić information content (AvgIpc) is 3.82. The summed E-state index contributed by atoms with van der Waals surface area (Å²) in [5.41, 5.74) is 16.2. The third kappa shape index (κ3) is 6.11. The second kappa shape index (κ2) is 15.8. The van der Waals surface area contributed by atoms with E-state index >= 15 is 0 Å². The lowest BCUT2D eigenvalue weighted by Gasteiger charge is -2.20. The summed E-state index contributed by atoms with van der Waals surface area (Å²) in [5.74, 6) is 0. The molecule has 0 radical (unpaired) electrons. The quantitative estimate of drug-likeness (QED) is 0.152. The van der Waals surface area contributed by atoms with Crippen LogP contribution in [0.2, 0.25) is 0 Å². The highest BCUT2D eigenvalue weighted by atomic mass is 16.3. The van der Waals surface area contributed by atoms with Crippen LogP contribution in [0.5, 0.6) is 0 Å². The van der Waals surface area contributed by atoms with Gasteiger partial charge in [-0.25, -0.2) is 0 Å². The Balaban J connectivity index is 0.996. The Morgan fingerprint density at radius 3 is 1.10 bits per heavy atom. The van der Waals surface area contributed by atoms with Gasteiger partial charge in [0.15, 0.2) is 0 Å². The van der Waals surface area contributed by atoms with E-state index in [2.05, 4.69) is 255 Å². The lowest BCUT2D eigenvalue weighted by Crippen LogP contribution is -1.92. The molecule has 320 valence electrons. The van der Waals surface area contributed by atoms with Gasteiger partial charge in [-0.15, -0.1) is 0 Å². The van der Waals surface area contributed by atoms with Gasteiger partial charge in [0.05, 0.1) is 0 Å². The van der Waals surface area contributed by atoms with E-state index in [0.717, 1.165) is 33.1 Å². The zero-order chi connectivity index (χ0) is 45.4. The van der Waals surface area contributed by atoms with Crippen molar-refractivity contribution in [1.29, 1.82) is 0 Å². The molecule has 69 heavy (non-hydrogen) atoms. The Bertz CT molecular complexity index is 4220. The summed E-state index contributed by atoms with van der Waals surface area (Å²) in [7, 11) is 0. The van der Waals surface area contributed by atoms with Gasteiger partial charge >= 0.3 is 0 Å². The van der Waals surface area contributed by atoms with Gasteiger partial charge in [-0.3, -0.25) is 0 Å². The van der Waals surface area contributed by atoms with Crippen LogP contribution in [0.3, 0.4) is 0 Å². The van der Waals surface area contributed by atoms with E-state index in [0.29, 0.717) is 0 Å². The summed E-state index contributed by atoms with van der Waals surface area (Å²) in [6, 6.07) is 93.0. The fraction of sp³-hybridized carbons (Fsp3) is 0. The maximum absolute atomic E-state index is 7.19. The fourth-order valence-corrected chi connectivity index (χ4v) is 11.5. The van der Waals surface area contributed by atoms with Crippen LogP contribution in [0.1, 0.15) is 0 Å². The summed E-state index contributed by atoms with van der Waals surface area (Å²) in [6.45, 7) is 0. The molecule has 1 heteroatoms. The molecule has 0 aliphatic carbocycles. The van der Waals surface area contributed by atoms with Crippen molar-refractivity contribution in [2.45, 2.75) is 0 Å². The van der Waals surface area contributed by atoms with Crippen molar-refractivity contribution in [3.8, 4) is 66.8 Å². The number of benzene rings is 13. The van der Waals surface area contributed by atoms with Gasteiger partial charge in [-0.2, -0.15) is 0 Å². The zero-order valence-corrected chi connectivity index (χ0v) is 37.7. The molecular formula is C68H42O. The Morgan fingerprint density at radius 1 is 0.188 bits per heavy atom. The largest absolute Gasteiger partial charge is 0.455 e. The third-order valence-electron chi connectivity index (χ3n) is 14.5. The van der Waals surface area contributed by atoms with E-state index in [9.17, 15) is 0 Å². The molecule has 14 rings (SSSR count). The molecule has 1 nitrogen and oxygen atoms in total. The predicted octanol–water partition coefficient (Wildman–Crippen LogP) is 19.4. The second-order valence-electron chi connectivity index (χ2n) is 18.2. The number of hydrogen-bond donors (Lipinski definition) is 0. The van der Waals surface area contributed by atoms with Crippen molar-refractivity contribution in [3.05, 3.63) is 255 Å². The van der Waals surface area contributed by atoms with Crippen LogP contribution < -0.4 is 0 Å². The van der Waals surface area contributed by atoms with Gasteiger partial charge in [0.1, 0.15) is 11.2 Å². The van der Waals surface area contributed by atoms with Crippen LogP contribution in [0, 0.1) is 0 Å². The van der Waals surface area contributed by atoms with Crippen LogP contribution in [0.4, 0.5) is 0 Å². The maximum Gasteiger partial charge on any atom is 0.143 e. The highest BCUT2D eigenvalue weighted by Gasteiger charge is 2.24. The van der Waals surface area contributed by atoms with Crippen molar-refractivity contribution in [2.24, 2.45) is 0 Å². The molecule has 0 bridgehead atoms. The number of para-hydroxylation sites is 1. The Kier molecular flexibility index (Phi) is 8.97. The highest BCUT2D eigenvalue weighted by molar-refractivity contribution is 6.29. The summed E-state index contributed by atoms with van der Waals surface area (Å²) in [4.78, 5) is 0. The molecule has 0 N–H and O–H groups in total. The molecule has 0 saturated heterocycles. The van der Waals surface area contributed by atoms with E-state index in [1.54, 1.807) is 0 Å². The van der Waals surface area contributed by atoms with Crippen molar-refractivity contribution in [1.82, 2.24) is 0 Å². The van der Waals surface area contributed by atoms with Crippen LogP contribution in [-0.4, -0.2) is 0 Å². The summed E-state index contributed by atoms with van der Waals surface area (Å²) in [6.07, 6.45) is 0. The van der Waals surface area contributed by atoms with Crippen LogP contribution in [-0.2, 0) is 0 Å². The predicted molar refractivity (Wildman–Crippen MR) is 294 cm³/mol.